The van der Waals surface area contributed by atoms with Crippen LogP contribution in [0.25, 0.3) is 0 Å². The van der Waals surface area contributed by atoms with E-state index in [0.29, 0.717) is 34.5 Å². The van der Waals surface area contributed by atoms with Crippen LogP contribution in [0.1, 0.15) is 73.7 Å². The van der Waals surface area contributed by atoms with Gasteiger partial charge < -0.3 is 28.4 Å². The van der Waals surface area contributed by atoms with Gasteiger partial charge in [0.05, 0.1) is 6.07 Å². The van der Waals surface area contributed by atoms with Gasteiger partial charge in [-0.25, -0.2) is 0 Å². The Morgan fingerprint density at radius 2 is 0.333 bits per heavy atom. The molecule has 7 aromatic rings. The molecule has 0 saturated carbocycles. The molecule has 0 saturated heterocycles. The third-order valence-electron chi connectivity index (χ3n) is 9.73. The number of rotatable bonds is 12. The third-order valence-corrected chi connectivity index (χ3v) is 9.73. The topological polar surface area (TPSA) is 79.2 Å². The fraction of sp³-hybridized carbons (Fsp3) is 0.232. The first-order valence-corrected chi connectivity index (χ1v) is 21.1. The molecule has 0 atom stereocenters. The summed E-state index contributed by atoms with van der Waals surface area (Å²) in [6, 6.07) is 38.3. The highest BCUT2D eigenvalue weighted by molar-refractivity contribution is 5.77. The summed E-state index contributed by atoms with van der Waals surface area (Å²) in [5.74, 6) is 4.95. The van der Waals surface area contributed by atoms with E-state index in [1.807, 2.05) is 156 Å². The highest BCUT2D eigenvalue weighted by atomic mass is 16.6. The molecule has 0 bridgehead atoms. The number of nitriles is 1. The average Bonchev–Trinajstić information content (AvgIpc) is 3.14. The maximum absolute atomic E-state index is 7.32. The van der Waals surface area contributed by atoms with Gasteiger partial charge in [-0.1, -0.05) is 36.4 Å². The van der Waals surface area contributed by atoms with Gasteiger partial charge in [0, 0.05) is 6.92 Å². The summed E-state index contributed by atoms with van der Waals surface area (Å²) in [6.07, 6.45) is 0. The predicted octanol–water partition coefficient (Wildman–Crippen LogP) is 16.7. The van der Waals surface area contributed by atoms with Crippen LogP contribution in [0, 0.1) is 94.4 Å². The molecule has 63 heavy (non-hydrogen) atoms. The SMILES string of the molecule is CC#N.Cc1cc(C)cc(Oc2c(Oc3cc(C)cc(C)c3)c(Oc3cc(C)cc(C)c3)c(Oc3cc(C)cc(C)c3)c(Oc3cc(C)cc(C)c3)c2Oc2cc(C)cc(C)c2)c1. The molecule has 0 spiro atoms. The molecule has 7 nitrogen and oxygen atoms in total. The van der Waals surface area contributed by atoms with Gasteiger partial charge in [0.1, 0.15) is 34.5 Å². The van der Waals surface area contributed by atoms with E-state index < -0.39 is 0 Å². The van der Waals surface area contributed by atoms with E-state index in [0.717, 1.165) is 66.8 Å². The van der Waals surface area contributed by atoms with Gasteiger partial charge in [0.25, 0.3) is 0 Å². The van der Waals surface area contributed by atoms with Crippen LogP contribution >= 0.6 is 0 Å². The van der Waals surface area contributed by atoms with Gasteiger partial charge in [0.2, 0.25) is 34.5 Å². The van der Waals surface area contributed by atoms with E-state index in [1.54, 1.807) is 6.07 Å². The maximum Gasteiger partial charge on any atom is 0.220 e. The van der Waals surface area contributed by atoms with E-state index in [-0.39, 0.29) is 34.5 Å². The molecule has 0 amide bonds. The second-order valence-corrected chi connectivity index (χ2v) is 16.8. The molecule has 0 heterocycles. The molecule has 0 radical (unpaired) electrons. The number of hydrogen-bond donors (Lipinski definition) is 0. The summed E-state index contributed by atoms with van der Waals surface area (Å²) in [5.41, 5.74) is 12.4. The second kappa shape index (κ2) is 19.7. The van der Waals surface area contributed by atoms with Gasteiger partial charge in [-0.2, -0.15) is 5.26 Å². The molecule has 0 aromatic heterocycles. The summed E-state index contributed by atoms with van der Waals surface area (Å²) in [5, 5.41) is 7.32. The normalized spacial score (nSPS) is 10.6. The highest BCUT2D eigenvalue weighted by Crippen LogP contribution is 2.63. The summed E-state index contributed by atoms with van der Waals surface area (Å²) in [4.78, 5) is 0. The van der Waals surface area contributed by atoms with E-state index in [2.05, 4.69) is 36.4 Å². The minimum absolute atomic E-state index is 0.241. The van der Waals surface area contributed by atoms with Crippen molar-refractivity contribution in [3.63, 3.8) is 0 Å². The van der Waals surface area contributed by atoms with Crippen LogP contribution in [0.5, 0.6) is 69.0 Å². The zero-order valence-corrected chi connectivity index (χ0v) is 38.8. The van der Waals surface area contributed by atoms with Crippen LogP contribution in [0.4, 0.5) is 0 Å². The van der Waals surface area contributed by atoms with Crippen LogP contribution in [-0.4, -0.2) is 0 Å². The van der Waals surface area contributed by atoms with Crippen LogP contribution in [0.15, 0.2) is 109 Å². The van der Waals surface area contributed by atoms with Crippen LogP contribution in [0.3, 0.4) is 0 Å². The minimum atomic E-state index is 0.241. The molecule has 0 N–H and O–H groups in total. The molecule has 0 aliphatic carbocycles. The Hall–Kier alpha value is -7.17. The molecule has 0 unspecified atom stereocenters. The zero-order chi connectivity index (χ0) is 45.5. The second-order valence-electron chi connectivity index (χ2n) is 16.8. The first-order chi connectivity index (χ1) is 29.9. The molecular formula is C56H57NO6. The lowest BCUT2D eigenvalue weighted by molar-refractivity contribution is 0.326. The number of nitrogens with zero attached hydrogens (tertiary/aromatic N) is 1. The van der Waals surface area contributed by atoms with Gasteiger partial charge in [-0.05, 0) is 223 Å². The largest absolute Gasteiger partial charge is 0.449 e. The average molecular weight is 840 g/mol. The van der Waals surface area contributed by atoms with Crippen LogP contribution in [-0.2, 0) is 0 Å². The minimum Gasteiger partial charge on any atom is -0.449 e. The van der Waals surface area contributed by atoms with Crippen LogP contribution in [0.2, 0.25) is 0 Å². The van der Waals surface area contributed by atoms with Gasteiger partial charge in [0.15, 0.2) is 0 Å². The zero-order valence-electron chi connectivity index (χ0n) is 38.8. The first-order valence-electron chi connectivity index (χ1n) is 21.1. The molecule has 7 heteroatoms. The van der Waals surface area contributed by atoms with E-state index >= 15 is 0 Å². The maximum atomic E-state index is 7.32. The Morgan fingerprint density at radius 3 is 0.429 bits per heavy atom. The lowest BCUT2D eigenvalue weighted by Crippen LogP contribution is -2.04. The molecule has 0 fully saturated rings. The fourth-order valence-corrected chi connectivity index (χ4v) is 7.83. The summed E-state index contributed by atoms with van der Waals surface area (Å²) in [7, 11) is 0. The summed E-state index contributed by atoms with van der Waals surface area (Å²) < 4.78 is 42.6. The molecule has 0 aliphatic rings. The monoisotopic (exact) mass is 839 g/mol. The van der Waals surface area contributed by atoms with Crippen molar-refractivity contribution < 1.29 is 28.4 Å². The summed E-state index contributed by atoms with van der Waals surface area (Å²) in [6.45, 7) is 26.0. The van der Waals surface area contributed by atoms with Crippen molar-refractivity contribution in [3.8, 4) is 75.1 Å². The molecular weight excluding hydrogens is 783 g/mol. The van der Waals surface area contributed by atoms with Crippen molar-refractivity contribution in [2.75, 3.05) is 0 Å². The lowest BCUT2D eigenvalue weighted by Gasteiger charge is -2.26. The molecule has 7 rings (SSSR count). The fourth-order valence-electron chi connectivity index (χ4n) is 7.83. The standard InChI is InChI=1S/C54H54O6.C2H3N/c1-31-13-32(2)20-43(19-31)55-49-50(56-44-21-33(3)14-34(4)22-44)52(58-46-25-37(7)16-38(8)26-46)54(60-48-29-41(11)18-42(12)30-48)53(59-47-27-39(9)17-40(10)28-47)51(49)57-45-23-35(5)15-36(6)24-45;1-2-3/h13-30H,1-12H3;1H3. The quantitative estimate of drug-likeness (QED) is 0.121. The molecule has 0 aliphatic heterocycles. The smallest absolute Gasteiger partial charge is 0.220 e. The van der Waals surface area contributed by atoms with Crippen molar-refractivity contribution in [3.05, 3.63) is 176 Å². The first kappa shape index (κ1) is 45.4. The number of ether oxygens (including phenoxy) is 6. The van der Waals surface area contributed by atoms with Gasteiger partial charge in [-0.15, -0.1) is 0 Å². The Morgan fingerprint density at radius 1 is 0.238 bits per heavy atom. The lowest BCUT2D eigenvalue weighted by atomic mass is 10.1. The van der Waals surface area contributed by atoms with Crippen molar-refractivity contribution in [1.29, 1.82) is 5.26 Å². The number of aryl methyl sites for hydroxylation is 12. The van der Waals surface area contributed by atoms with Crippen molar-refractivity contribution >= 4 is 0 Å². The van der Waals surface area contributed by atoms with Crippen LogP contribution < -0.4 is 28.4 Å². The van der Waals surface area contributed by atoms with Crippen molar-refractivity contribution in [1.82, 2.24) is 0 Å². The molecule has 7 aromatic carbocycles. The molecule has 322 valence electrons. The Labute approximate surface area is 373 Å². The Balaban J connectivity index is 0.00000214. The van der Waals surface area contributed by atoms with Crippen molar-refractivity contribution in [2.24, 2.45) is 0 Å². The Bertz CT molecular complexity index is 2220. The van der Waals surface area contributed by atoms with Gasteiger partial charge >= 0.3 is 0 Å². The van der Waals surface area contributed by atoms with Gasteiger partial charge in [-0.3, -0.25) is 0 Å². The third kappa shape index (κ3) is 12.0. The van der Waals surface area contributed by atoms with E-state index in [9.17, 15) is 0 Å². The highest BCUT2D eigenvalue weighted by Gasteiger charge is 2.35. The van der Waals surface area contributed by atoms with Crippen molar-refractivity contribution in [2.45, 2.75) is 90.0 Å². The number of benzene rings is 7. The Kier molecular flexibility index (Phi) is 14.2. The summed E-state index contributed by atoms with van der Waals surface area (Å²) >= 11 is 0. The van der Waals surface area contributed by atoms with E-state index in [4.69, 9.17) is 33.7 Å². The predicted molar refractivity (Wildman–Crippen MR) is 254 cm³/mol. The van der Waals surface area contributed by atoms with E-state index in [1.165, 1.54) is 6.92 Å². The number of hydrogen-bond acceptors (Lipinski definition) is 7.